The fraction of sp³-hybridized carbons (Fsp3) is 0.133. The average molecular weight is 305 g/mol. The maximum absolute atomic E-state index is 12.9. The predicted octanol–water partition coefficient (Wildman–Crippen LogP) is 2.75. The summed E-state index contributed by atoms with van der Waals surface area (Å²) in [5.41, 5.74) is 0.113. The van der Waals surface area contributed by atoms with Gasteiger partial charge in [0, 0.05) is 6.42 Å². The van der Waals surface area contributed by atoms with Crippen molar-refractivity contribution < 1.29 is 17.6 Å². The largest absolute Gasteiger partial charge is 0.375 e. The number of nitrogens with zero attached hydrogens (tertiary/aromatic N) is 1. The van der Waals surface area contributed by atoms with Gasteiger partial charge in [0.15, 0.2) is 0 Å². The molecule has 2 aromatic rings. The van der Waals surface area contributed by atoms with Gasteiger partial charge in [0.2, 0.25) is 15.3 Å². The highest BCUT2D eigenvalue weighted by Crippen LogP contribution is 2.25. The van der Waals surface area contributed by atoms with Gasteiger partial charge in [0.25, 0.3) is 0 Å². The molecule has 3 rings (SSSR count). The lowest BCUT2D eigenvalue weighted by Gasteiger charge is -2.09. The minimum atomic E-state index is -3.60. The Hall–Kier alpha value is -2.21. The number of hydrogen-bond donors (Lipinski definition) is 0. The molecular formula is C15H12FNO3S. The van der Waals surface area contributed by atoms with Crippen LogP contribution in [0.1, 0.15) is 12.0 Å². The molecule has 1 heterocycles. The number of rotatable bonds is 3. The Labute approximate surface area is 121 Å². The van der Waals surface area contributed by atoms with Crippen LogP contribution in [-0.4, -0.2) is 19.6 Å². The summed E-state index contributed by atoms with van der Waals surface area (Å²) in [6.45, 7) is 0. The van der Waals surface area contributed by atoms with Gasteiger partial charge in [-0.2, -0.15) is 0 Å². The summed E-state index contributed by atoms with van der Waals surface area (Å²) >= 11 is 0. The number of hydrogen-bond acceptors (Lipinski definition) is 4. The van der Waals surface area contributed by atoms with E-state index in [2.05, 4.69) is 5.16 Å². The molecule has 1 atom stereocenters. The Kier molecular flexibility index (Phi) is 3.47. The summed E-state index contributed by atoms with van der Waals surface area (Å²) in [5, 5.41) is 3.82. The zero-order chi connectivity index (χ0) is 14.9. The van der Waals surface area contributed by atoms with Crippen LogP contribution in [0.5, 0.6) is 0 Å². The molecule has 0 saturated heterocycles. The van der Waals surface area contributed by atoms with Crippen molar-refractivity contribution in [2.45, 2.75) is 16.8 Å². The van der Waals surface area contributed by atoms with Gasteiger partial charge < -0.3 is 4.84 Å². The fourth-order valence-corrected chi connectivity index (χ4v) is 3.47. The summed E-state index contributed by atoms with van der Waals surface area (Å²) < 4.78 is 37.7. The van der Waals surface area contributed by atoms with Crippen LogP contribution in [0.15, 0.2) is 64.6 Å². The van der Waals surface area contributed by atoms with Gasteiger partial charge in [-0.3, -0.25) is 0 Å². The minimum absolute atomic E-state index is 0.142. The van der Waals surface area contributed by atoms with Crippen molar-refractivity contribution in [1.82, 2.24) is 0 Å². The van der Waals surface area contributed by atoms with Crippen LogP contribution >= 0.6 is 0 Å². The number of sulfone groups is 1. The van der Waals surface area contributed by atoms with Gasteiger partial charge in [0.1, 0.15) is 5.82 Å². The van der Waals surface area contributed by atoms with E-state index in [0.29, 0.717) is 11.3 Å². The molecule has 108 valence electrons. The van der Waals surface area contributed by atoms with Crippen LogP contribution in [0.3, 0.4) is 0 Å². The summed E-state index contributed by atoms with van der Waals surface area (Å²) in [5.74, 6) is -0.355. The topological polar surface area (TPSA) is 55.7 Å². The van der Waals surface area contributed by atoms with E-state index in [1.165, 1.54) is 24.3 Å². The molecule has 6 heteroatoms. The molecule has 0 N–H and O–H groups in total. The maximum Gasteiger partial charge on any atom is 0.237 e. The van der Waals surface area contributed by atoms with Crippen LogP contribution in [0.25, 0.3) is 0 Å². The monoisotopic (exact) mass is 305 g/mol. The molecule has 0 bridgehead atoms. The predicted molar refractivity (Wildman–Crippen MR) is 76.1 cm³/mol. The highest BCUT2D eigenvalue weighted by Gasteiger charge is 2.35. The molecule has 0 aliphatic carbocycles. The number of oxime groups is 1. The smallest absolute Gasteiger partial charge is 0.237 e. The zero-order valence-electron chi connectivity index (χ0n) is 10.9. The summed E-state index contributed by atoms with van der Waals surface area (Å²) in [6.07, 6.45) is 0.142. The summed E-state index contributed by atoms with van der Waals surface area (Å²) in [6, 6.07) is 13.8. The van der Waals surface area contributed by atoms with Crippen molar-refractivity contribution in [3.63, 3.8) is 0 Å². The molecule has 0 radical (unpaired) electrons. The minimum Gasteiger partial charge on any atom is -0.375 e. The van der Waals surface area contributed by atoms with Gasteiger partial charge in [-0.15, -0.1) is 0 Å². The Bertz CT molecular complexity index is 770. The van der Waals surface area contributed by atoms with E-state index in [0.717, 1.165) is 0 Å². The Balaban J connectivity index is 1.82. The van der Waals surface area contributed by atoms with E-state index in [4.69, 9.17) is 4.84 Å². The van der Waals surface area contributed by atoms with Crippen molar-refractivity contribution in [2.24, 2.45) is 5.16 Å². The second-order valence-corrected chi connectivity index (χ2v) is 6.73. The quantitative estimate of drug-likeness (QED) is 0.876. The van der Waals surface area contributed by atoms with E-state index in [-0.39, 0.29) is 17.1 Å². The molecule has 2 aromatic carbocycles. The molecule has 0 spiro atoms. The first kappa shape index (κ1) is 13.8. The van der Waals surface area contributed by atoms with E-state index < -0.39 is 15.3 Å². The Morgan fingerprint density at radius 2 is 1.71 bits per heavy atom. The van der Waals surface area contributed by atoms with Crippen molar-refractivity contribution in [3.8, 4) is 0 Å². The molecule has 1 aliphatic heterocycles. The molecular weight excluding hydrogens is 293 g/mol. The van der Waals surface area contributed by atoms with Gasteiger partial charge in [-0.25, -0.2) is 12.8 Å². The van der Waals surface area contributed by atoms with Crippen molar-refractivity contribution in [2.75, 3.05) is 0 Å². The van der Waals surface area contributed by atoms with Gasteiger partial charge >= 0.3 is 0 Å². The first-order valence-electron chi connectivity index (χ1n) is 6.35. The van der Waals surface area contributed by atoms with Crippen molar-refractivity contribution in [3.05, 3.63) is 66.0 Å². The van der Waals surface area contributed by atoms with E-state index in [1.54, 1.807) is 30.3 Å². The first-order valence-corrected chi connectivity index (χ1v) is 7.89. The summed E-state index contributed by atoms with van der Waals surface area (Å²) in [7, 11) is -3.60. The Morgan fingerprint density at radius 1 is 1.05 bits per heavy atom. The van der Waals surface area contributed by atoms with Gasteiger partial charge in [0.05, 0.1) is 10.6 Å². The average Bonchev–Trinajstić information content (AvgIpc) is 2.99. The number of halogens is 1. The second-order valence-electron chi connectivity index (χ2n) is 4.64. The second kappa shape index (κ2) is 5.29. The molecule has 0 aromatic heterocycles. The molecule has 0 saturated carbocycles. The summed E-state index contributed by atoms with van der Waals surface area (Å²) in [4.78, 5) is 5.28. The lowest BCUT2D eigenvalue weighted by atomic mass is 10.1. The maximum atomic E-state index is 12.9. The van der Waals surface area contributed by atoms with E-state index >= 15 is 0 Å². The van der Waals surface area contributed by atoms with Crippen LogP contribution < -0.4 is 0 Å². The first-order chi connectivity index (χ1) is 10.1. The third-order valence-electron chi connectivity index (χ3n) is 3.24. The SMILES string of the molecule is O=S(=O)(c1ccccc1)C1CC(c2ccc(F)cc2)=NO1. The highest BCUT2D eigenvalue weighted by molar-refractivity contribution is 7.92. The molecule has 21 heavy (non-hydrogen) atoms. The van der Waals surface area contributed by atoms with E-state index in [1.807, 2.05) is 0 Å². The van der Waals surface area contributed by atoms with Gasteiger partial charge in [-0.1, -0.05) is 35.5 Å². The van der Waals surface area contributed by atoms with Gasteiger partial charge in [-0.05, 0) is 29.8 Å². The fourth-order valence-electron chi connectivity index (χ4n) is 2.10. The standard InChI is InChI=1S/C15H12FNO3S/c16-12-8-6-11(7-9-12)14-10-15(20-17-14)21(18,19)13-4-2-1-3-5-13/h1-9,15H,10H2. The van der Waals surface area contributed by atoms with Crippen LogP contribution in [0.2, 0.25) is 0 Å². The highest BCUT2D eigenvalue weighted by atomic mass is 32.2. The number of benzene rings is 2. The van der Waals surface area contributed by atoms with Crippen molar-refractivity contribution in [1.29, 1.82) is 0 Å². The molecule has 1 aliphatic rings. The van der Waals surface area contributed by atoms with Crippen molar-refractivity contribution >= 4 is 15.5 Å². The molecule has 0 amide bonds. The third kappa shape index (κ3) is 2.67. The van der Waals surface area contributed by atoms with Crippen LogP contribution in [0, 0.1) is 5.82 Å². The normalized spacial score (nSPS) is 18.1. The molecule has 4 nitrogen and oxygen atoms in total. The molecule has 1 unspecified atom stereocenters. The van der Waals surface area contributed by atoms with E-state index in [9.17, 15) is 12.8 Å². The zero-order valence-corrected chi connectivity index (χ0v) is 11.8. The third-order valence-corrected chi connectivity index (χ3v) is 5.11. The Morgan fingerprint density at radius 3 is 2.38 bits per heavy atom. The molecule has 0 fully saturated rings. The lowest BCUT2D eigenvalue weighted by molar-refractivity contribution is 0.140. The van der Waals surface area contributed by atoms with Crippen LogP contribution in [-0.2, 0) is 14.7 Å². The van der Waals surface area contributed by atoms with Crippen LogP contribution in [0.4, 0.5) is 4.39 Å². The lowest BCUT2D eigenvalue weighted by Crippen LogP contribution is -2.21.